The van der Waals surface area contributed by atoms with Crippen LogP contribution in [0, 0.1) is 11.6 Å². The average molecular weight is 468 g/mol. The Morgan fingerprint density at radius 2 is 1.88 bits per heavy atom. The summed E-state index contributed by atoms with van der Waals surface area (Å²) >= 11 is 0. The van der Waals surface area contributed by atoms with Gasteiger partial charge in [-0.05, 0) is 44.0 Å². The summed E-state index contributed by atoms with van der Waals surface area (Å²) in [5, 5.41) is 6.90. The van der Waals surface area contributed by atoms with E-state index in [0.29, 0.717) is 43.9 Å². The number of aromatic nitrogens is 1. The highest BCUT2D eigenvalue weighted by Crippen LogP contribution is 2.36. The van der Waals surface area contributed by atoms with Crippen LogP contribution in [0.1, 0.15) is 30.3 Å². The molecule has 0 unspecified atom stereocenters. The molecule has 2 fully saturated rings. The number of likely N-dealkylation sites (tertiary alicyclic amines) is 1. The maximum Gasteiger partial charge on any atom is 0.267 e. The van der Waals surface area contributed by atoms with Crippen LogP contribution >= 0.6 is 0 Å². The van der Waals surface area contributed by atoms with Crippen LogP contribution in [0.25, 0.3) is 10.9 Å². The summed E-state index contributed by atoms with van der Waals surface area (Å²) in [5.74, 6) is -2.08. The molecular weight excluding hydrogens is 440 g/mol. The number of anilines is 1. The number of piperidine rings is 1. The Bertz CT molecular complexity index is 1200. The van der Waals surface area contributed by atoms with Gasteiger partial charge in [0.2, 0.25) is 5.91 Å². The maximum atomic E-state index is 13.8. The number of halogens is 2. The average Bonchev–Trinajstić information content (AvgIpc) is 3.39. The van der Waals surface area contributed by atoms with Gasteiger partial charge in [-0.1, -0.05) is 18.2 Å². The van der Waals surface area contributed by atoms with Gasteiger partial charge in [-0.15, -0.1) is 0 Å². The van der Waals surface area contributed by atoms with Gasteiger partial charge in [0.1, 0.15) is 11.2 Å². The number of carbonyl (C=O) groups excluding carboxylic acids is 2. The van der Waals surface area contributed by atoms with E-state index in [1.807, 2.05) is 42.2 Å². The van der Waals surface area contributed by atoms with E-state index in [4.69, 9.17) is 0 Å². The first kappa shape index (κ1) is 22.3. The van der Waals surface area contributed by atoms with Crippen molar-refractivity contribution in [2.24, 2.45) is 0 Å². The molecule has 0 saturated carbocycles. The first-order chi connectivity index (χ1) is 16.4. The Kier molecular flexibility index (Phi) is 5.73. The van der Waals surface area contributed by atoms with Gasteiger partial charge in [0, 0.05) is 48.3 Å². The van der Waals surface area contributed by atoms with Crippen molar-refractivity contribution in [3.8, 4) is 0 Å². The van der Waals surface area contributed by atoms with Crippen molar-refractivity contribution in [2.75, 3.05) is 31.2 Å². The molecule has 2 amide bonds. The quantitative estimate of drug-likeness (QED) is 0.539. The third-order valence-electron chi connectivity index (χ3n) is 6.92. The fourth-order valence-corrected chi connectivity index (χ4v) is 5.11. The molecule has 1 aromatic heterocycles. The molecule has 178 valence electrons. The van der Waals surface area contributed by atoms with E-state index in [1.54, 1.807) is 0 Å². The van der Waals surface area contributed by atoms with Crippen LogP contribution < -0.4 is 15.5 Å². The summed E-state index contributed by atoms with van der Waals surface area (Å²) in [5.41, 5.74) is 1.15. The second kappa shape index (κ2) is 8.72. The van der Waals surface area contributed by atoms with Gasteiger partial charge in [0.25, 0.3) is 5.91 Å². The van der Waals surface area contributed by atoms with Gasteiger partial charge in [-0.2, -0.15) is 0 Å². The van der Waals surface area contributed by atoms with Gasteiger partial charge in [0.05, 0.1) is 6.67 Å². The number of nitrogens with one attached hydrogen (secondary N) is 3. The van der Waals surface area contributed by atoms with Crippen molar-refractivity contribution < 1.29 is 18.4 Å². The van der Waals surface area contributed by atoms with Crippen molar-refractivity contribution in [2.45, 2.75) is 31.3 Å². The predicted molar refractivity (Wildman–Crippen MR) is 125 cm³/mol. The van der Waals surface area contributed by atoms with Crippen LogP contribution in [0.2, 0.25) is 0 Å². The minimum absolute atomic E-state index is 0.0861. The summed E-state index contributed by atoms with van der Waals surface area (Å²) < 4.78 is 27.2. The second-order valence-corrected chi connectivity index (χ2v) is 9.17. The van der Waals surface area contributed by atoms with Crippen LogP contribution in [0.4, 0.5) is 14.5 Å². The summed E-state index contributed by atoms with van der Waals surface area (Å²) in [7, 11) is 0. The number of rotatable bonds is 5. The highest BCUT2D eigenvalue weighted by Gasteiger charge is 2.50. The van der Waals surface area contributed by atoms with E-state index >= 15 is 0 Å². The Morgan fingerprint density at radius 3 is 2.62 bits per heavy atom. The number of benzene rings is 2. The molecule has 34 heavy (non-hydrogen) atoms. The zero-order valence-corrected chi connectivity index (χ0v) is 18.9. The lowest BCUT2D eigenvalue weighted by Crippen LogP contribution is -2.57. The molecule has 2 aromatic carbocycles. The van der Waals surface area contributed by atoms with Crippen molar-refractivity contribution in [3.63, 3.8) is 0 Å². The standard InChI is InChI=1S/C25H27F2N5O2/c1-16(29-23(33)22-12-17-4-2-3-5-21(17)30-22)14-31-10-8-25(9-11-31)24(34)28-15-32(25)18-6-7-19(26)20(27)13-18/h2-7,12-13,16,30H,8-11,14-15H2,1H3,(H,28,34)(H,29,33)/t16-/m0/s1. The van der Waals surface area contributed by atoms with E-state index in [1.165, 1.54) is 6.07 Å². The number of para-hydroxylation sites is 1. The Balaban J connectivity index is 1.20. The smallest absolute Gasteiger partial charge is 0.267 e. The zero-order chi connectivity index (χ0) is 23.9. The van der Waals surface area contributed by atoms with Crippen molar-refractivity contribution in [1.29, 1.82) is 0 Å². The van der Waals surface area contributed by atoms with E-state index in [2.05, 4.69) is 20.5 Å². The number of carbonyl (C=O) groups is 2. The lowest BCUT2D eigenvalue weighted by molar-refractivity contribution is -0.125. The molecule has 1 atom stereocenters. The highest BCUT2D eigenvalue weighted by atomic mass is 19.2. The summed E-state index contributed by atoms with van der Waals surface area (Å²) in [6, 6.07) is 13.2. The molecule has 3 aromatic rings. The third-order valence-corrected chi connectivity index (χ3v) is 6.92. The molecule has 2 aliphatic heterocycles. The van der Waals surface area contributed by atoms with Gasteiger partial charge in [0.15, 0.2) is 11.6 Å². The fourth-order valence-electron chi connectivity index (χ4n) is 5.11. The first-order valence-electron chi connectivity index (χ1n) is 11.5. The Morgan fingerprint density at radius 1 is 1.12 bits per heavy atom. The molecule has 1 spiro atoms. The van der Waals surface area contributed by atoms with E-state index in [0.717, 1.165) is 23.0 Å². The molecule has 0 bridgehead atoms. The SMILES string of the molecule is C[C@@H](CN1CCC2(CC1)C(=O)NCN2c1ccc(F)c(F)c1)NC(=O)c1cc2ccccc2[nH]1. The topological polar surface area (TPSA) is 80.5 Å². The minimum Gasteiger partial charge on any atom is -0.351 e. The molecule has 0 radical (unpaired) electrons. The largest absolute Gasteiger partial charge is 0.351 e. The van der Waals surface area contributed by atoms with Crippen LogP contribution in [0.15, 0.2) is 48.5 Å². The summed E-state index contributed by atoms with van der Waals surface area (Å²) in [6.07, 6.45) is 1.11. The van der Waals surface area contributed by atoms with Crippen LogP contribution in [-0.4, -0.2) is 59.6 Å². The normalized spacial score (nSPS) is 18.9. The number of hydrogen-bond donors (Lipinski definition) is 3. The summed E-state index contributed by atoms with van der Waals surface area (Å²) in [4.78, 5) is 32.7. The van der Waals surface area contributed by atoms with Crippen LogP contribution in [-0.2, 0) is 4.79 Å². The van der Waals surface area contributed by atoms with E-state index in [-0.39, 0.29) is 24.5 Å². The number of fused-ring (bicyclic) bond motifs is 1. The van der Waals surface area contributed by atoms with Crippen molar-refractivity contribution >= 4 is 28.4 Å². The van der Waals surface area contributed by atoms with Crippen molar-refractivity contribution in [3.05, 3.63) is 65.9 Å². The zero-order valence-electron chi connectivity index (χ0n) is 18.9. The number of aromatic amines is 1. The number of H-pyrrole nitrogens is 1. The molecular formula is C25H27F2N5O2. The van der Waals surface area contributed by atoms with Gasteiger partial charge >= 0.3 is 0 Å². The fraction of sp³-hybridized carbons (Fsp3) is 0.360. The molecule has 3 heterocycles. The predicted octanol–water partition coefficient (Wildman–Crippen LogP) is 2.99. The first-order valence-corrected chi connectivity index (χ1v) is 11.5. The van der Waals surface area contributed by atoms with Gasteiger partial charge < -0.3 is 25.4 Å². The number of amides is 2. The highest BCUT2D eigenvalue weighted by molar-refractivity contribution is 5.98. The van der Waals surface area contributed by atoms with Crippen LogP contribution in [0.5, 0.6) is 0 Å². The molecule has 7 nitrogen and oxygen atoms in total. The molecule has 5 rings (SSSR count). The maximum absolute atomic E-state index is 13.8. The van der Waals surface area contributed by atoms with Gasteiger partial charge in [-0.25, -0.2) is 8.78 Å². The minimum atomic E-state index is -0.927. The van der Waals surface area contributed by atoms with Gasteiger partial charge in [-0.3, -0.25) is 9.59 Å². The molecule has 0 aliphatic carbocycles. The summed E-state index contributed by atoms with van der Waals surface area (Å²) in [6.45, 7) is 4.18. The van der Waals surface area contributed by atoms with Crippen LogP contribution in [0.3, 0.4) is 0 Å². The van der Waals surface area contributed by atoms with E-state index < -0.39 is 17.2 Å². The van der Waals surface area contributed by atoms with E-state index in [9.17, 15) is 18.4 Å². The van der Waals surface area contributed by atoms with Crippen molar-refractivity contribution in [1.82, 2.24) is 20.5 Å². The monoisotopic (exact) mass is 467 g/mol. The molecule has 2 saturated heterocycles. The molecule has 9 heteroatoms. The lowest BCUT2D eigenvalue weighted by Gasteiger charge is -2.43. The Hall–Kier alpha value is -3.46. The lowest BCUT2D eigenvalue weighted by atomic mass is 9.85. The third kappa shape index (κ3) is 4.00. The molecule has 3 N–H and O–H groups in total. The Labute approximate surface area is 196 Å². The number of nitrogens with zero attached hydrogens (tertiary/aromatic N) is 2. The second-order valence-electron chi connectivity index (χ2n) is 9.17. The number of hydrogen-bond acceptors (Lipinski definition) is 4. The molecule has 2 aliphatic rings.